The summed E-state index contributed by atoms with van der Waals surface area (Å²) in [7, 11) is 0. The maximum absolute atomic E-state index is 14.1. The summed E-state index contributed by atoms with van der Waals surface area (Å²) < 4.78 is 20.2. The first-order chi connectivity index (χ1) is 10.3. The number of esters is 1. The van der Waals surface area contributed by atoms with Gasteiger partial charge < -0.3 is 9.53 Å². The number of carbonyl (C=O) groups is 2. The number of nitrogens with zero attached hydrogens (tertiary/aromatic N) is 1. The normalized spacial score (nSPS) is 12.3. The number of halogens is 1. The Morgan fingerprint density at radius 2 is 2.09 bits per heavy atom. The summed E-state index contributed by atoms with van der Waals surface area (Å²) in [6.45, 7) is 7.09. The minimum Gasteiger partial charge on any atom is -0.464 e. The number of hydrogen-bond acceptors (Lipinski definition) is 4. The second kappa shape index (κ2) is 7.87. The Labute approximate surface area is 129 Å². The van der Waals surface area contributed by atoms with Gasteiger partial charge in [-0.05, 0) is 37.3 Å². The fourth-order valence-corrected chi connectivity index (χ4v) is 2.27. The van der Waals surface area contributed by atoms with E-state index in [-0.39, 0.29) is 24.5 Å². The van der Waals surface area contributed by atoms with E-state index in [2.05, 4.69) is 0 Å². The van der Waals surface area contributed by atoms with Gasteiger partial charge in [-0.25, -0.2) is 9.18 Å². The van der Waals surface area contributed by atoms with Gasteiger partial charge in [0.05, 0.1) is 6.61 Å². The molecule has 0 fully saturated rings. The molecule has 0 N–H and O–H groups in total. The molecule has 0 radical (unpaired) electrons. The molecule has 0 bridgehead atoms. The lowest BCUT2D eigenvalue weighted by Gasteiger charge is -2.21. The quantitative estimate of drug-likeness (QED) is 0.572. The van der Waals surface area contributed by atoms with E-state index >= 15 is 0 Å². The van der Waals surface area contributed by atoms with Crippen LogP contribution in [0.2, 0.25) is 0 Å². The highest BCUT2D eigenvalue weighted by Crippen LogP contribution is 2.20. The van der Waals surface area contributed by atoms with Crippen molar-refractivity contribution in [3.05, 3.63) is 33.5 Å². The van der Waals surface area contributed by atoms with Gasteiger partial charge >= 0.3 is 5.97 Å². The topological polar surface area (TPSA) is 65.4 Å². The Bertz CT molecular complexity index is 607. The van der Waals surface area contributed by atoms with Crippen LogP contribution in [0, 0.1) is 18.7 Å². The van der Waals surface area contributed by atoms with Crippen LogP contribution < -0.4 is 5.56 Å². The highest BCUT2D eigenvalue weighted by molar-refractivity contribution is 5.74. The monoisotopic (exact) mass is 311 g/mol. The summed E-state index contributed by atoms with van der Waals surface area (Å²) in [5, 5.41) is 0. The van der Waals surface area contributed by atoms with E-state index in [0.717, 1.165) is 4.57 Å². The molecule has 1 rings (SSSR count). The number of aldehydes is 1. The fraction of sp³-hybridized carbons (Fsp3) is 0.562. The van der Waals surface area contributed by atoms with Gasteiger partial charge in [-0.1, -0.05) is 13.8 Å². The summed E-state index contributed by atoms with van der Waals surface area (Å²) in [4.78, 5) is 35.0. The van der Waals surface area contributed by atoms with E-state index < -0.39 is 23.4 Å². The van der Waals surface area contributed by atoms with Gasteiger partial charge in [-0.2, -0.15) is 0 Å². The maximum Gasteiger partial charge on any atom is 0.329 e. The molecule has 1 aromatic rings. The molecule has 0 saturated carbocycles. The van der Waals surface area contributed by atoms with Crippen molar-refractivity contribution >= 4 is 12.3 Å². The molecule has 0 amide bonds. The summed E-state index contributed by atoms with van der Waals surface area (Å²) in [6.07, 6.45) is 2.36. The van der Waals surface area contributed by atoms with Gasteiger partial charge in [0.1, 0.15) is 12.3 Å². The van der Waals surface area contributed by atoms with E-state index in [1.807, 2.05) is 13.8 Å². The standard InChI is InChI=1S/C16H22FNO4/c1-5-22-16(21)13(8-10(2)3)18-9-12(6-7-19)11(4)14(17)15(18)20/h7,9-10,13H,5-6,8H2,1-4H3. The molecule has 5 nitrogen and oxygen atoms in total. The van der Waals surface area contributed by atoms with E-state index in [1.165, 1.54) is 13.1 Å². The van der Waals surface area contributed by atoms with Gasteiger partial charge in [0.25, 0.3) is 5.56 Å². The van der Waals surface area contributed by atoms with Crippen LogP contribution in [0.3, 0.4) is 0 Å². The van der Waals surface area contributed by atoms with Gasteiger partial charge in [0, 0.05) is 12.6 Å². The summed E-state index contributed by atoms with van der Waals surface area (Å²) in [6, 6.07) is -0.895. The van der Waals surface area contributed by atoms with Gasteiger partial charge in [0.2, 0.25) is 0 Å². The van der Waals surface area contributed by atoms with E-state index in [1.54, 1.807) is 6.92 Å². The molecule has 0 spiro atoms. The number of carbonyl (C=O) groups excluding carboxylic acids is 2. The van der Waals surface area contributed by atoms with Crippen molar-refractivity contribution in [2.24, 2.45) is 5.92 Å². The number of ether oxygens (including phenoxy) is 1. The first kappa shape index (κ1) is 18.1. The minimum absolute atomic E-state index is 0.0136. The van der Waals surface area contributed by atoms with Crippen molar-refractivity contribution < 1.29 is 18.7 Å². The lowest BCUT2D eigenvalue weighted by Crippen LogP contribution is -2.34. The molecule has 22 heavy (non-hydrogen) atoms. The van der Waals surface area contributed by atoms with Crippen LogP contribution in [0.15, 0.2) is 11.0 Å². The minimum atomic E-state index is -0.933. The van der Waals surface area contributed by atoms with Crippen LogP contribution in [-0.2, 0) is 20.7 Å². The number of rotatable bonds is 7. The SMILES string of the molecule is CCOC(=O)C(CC(C)C)n1cc(CC=O)c(C)c(F)c1=O. The maximum atomic E-state index is 14.1. The van der Waals surface area contributed by atoms with Crippen LogP contribution in [0.1, 0.15) is 44.4 Å². The summed E-state index contributed by atoms with van der Waals surface area (Å²) in [5.74, 6) is -1.39. The zero-order valence-corrected chi connectivity index (χ0v) is 13.4. The lowest BCUT2D eigenvalue weighted by atomic mass is 10.0. The van der Waals surface area contributed by atoms with Crippen LogP contribution in [0.25, 0.3) is 0 Å². The van der Waals surface area contributed by atoms with Crippen molar-refractivity contribution in [2.45, 2.75) is 46.6 Å². The van der Waals surface area contributed by atoms with Crippen molar-refractivity contribution in [3.8, 4) is 0 Å². The molecule has 0 aliphatic carbocycles. The third kappa shape index (κ3) is 4.02. The largest absolute Gasteiger partial charge is 0.464 e. The second-order valence-electron chi connectivity index (χ2n) is 5.57. The molecule has 1 unspecified atom stereocenters. The van der Waals surface area contributed by atoms with E-state index in [0.29, 0.717) is 18.3 Å². The van der Waals surface area contributed by atoms with Gasteiger partial charge in [-0.3, -0.25) is 9.36 Å². The second-order valence-corrected chi connectivity index (χ2v) is 5.57. The highest BCUT2D eigenvalue weighted by Gasteiger charge is 2.26. The van der Waals surface area contributed by atoms with E-state index in [9.17, 15) is 18.8 Å². The molecular formula is C16H22FNO4. The molecule has 122 valence electrons. The average molecular weight is 311 g/mol. The molecule has 1 heterocycles. The average Bonchev–Trinajstić information content (AvgIpc) is 2.46. The lowest BCUT2D eigenvalue weighted by molar-refractivity contribution is -0.147. The number of pyridine rings is 1. The summed E-state index contributed by atoms with van der Waals surface area (Å²) >= 11 is 0. The zero-order valence-electron chi connectivity index (χ0n) is 13.4. The molecule has 1 aromatic heterocycles. The number of aromatic nitrogens is 1. The van der Waals surface area contributed by atoms with Gasteiger partial charge in [0.15, 0.2) is 5.82 Å². The van der Waals surface area contributed by atoms with Crippen molar-refractivity contribution in [1.82, 2.24) is 4.57 Å². The Morgan fingerprint density at radius 3 is 2.59 bits per heavy atom. The van der Waals surface area contributed by atoms with Crippen LogP contribution >= 0.6 is 0 Å². The highest BCUT2D eigenvalue weighted by atomic mass is 19.1. The molecule has 6 heteroatoms. The van der Waals surface area contributed by atoms with Crippen LogP contribution in [0.5, 0.6) is 0 Å². The predicted octanol–water partition coefficient (Wildman–Crippen LogP) is 2.19. The van der Waals surface area contributed by atoms with Crippen molar-refractivity contribution in [1.29, 1.82) is 0 Å². The third-order valence-electron chi connectivity index (χ3n) is 3.42. The summed E-state index contributed by atoms with van der Waals surface area (Å²) in [5.41, 5.74) is -0.337. The first-order valence-corrected chi connectivity index (χ1v) is 7.33. The van der Waals surface area contributed by atoms with Crippen LogP contribution in [0.4, 0.5) is 4.39 Å². The fourth-order valence-electron chi connectivity index (χ4n) is 2.27. The van der Waals surface area contributed by atoms with E-state index in [4.69, 9.17) is 4.74 Å². The molecule has 0 aliphatic heterocycles. The smallest absolute Gasteiger partial charge is 0.329 e. The molecule has 0 aromatic carbocycles. The van der Waals surface area contributed by atoms with Crippen LogP contribution in [-0.4, -0.2) is 23.4 Å². The first-order valence-electron chi connectivity index (χ1n) is 7.33. The number of hydrogen-bond donors (Lipinski definition) is 0. The van der Waals surface area contributed by atoms with Crippen molar-refractivity contribution in [3.63, 3.8) is 0 Å². The molecular weight excluding hydrogens is 289 g/mol. The Kier molecular flexibility index (Phi) is 6.46. The van der Waals surface area contributed by atoms with Gasteiger partial charge in [-0.15, -0.1) is 0 Å². The Hall–Kier alpha value is -1.98. The molecule has 1 atom stereocenters. The molecule has 0 aliphatic rings. The molecule has 0 saturated heterocycles. The Balaban J connectivity index is 3.43. The Morgan fingerprint density at radius 1 is 1.45 bits per heavy atom. The predicted molar refractivity (Wildman–Crippen MR) is 80.3 cm³/mol. The van der Waals surface area contributed by atoms with Crippen molar-refractivity contribution in [2.75, 3.05) is 6.61 Å². The third-order valence-corrected chi connectivity index (χ3v) is 3.42. The zero-order chi connectivity index (χ0) is 16.9.